The zero-order valence-corrected chi connectivity index (χ0v) is 11.9. The van der Waals surface area contributed by atoms with Crippen molar-refractivity contribution in [3.63, 3.8) is 0 Å². The van der Waals surface area contributed by atoms with Crippen LogP contribution in [0.25, 0.3) is 0 Å². The predicted molar refractivity (Wildman–Crippen MR) is 75.1 cm³/mol. The van der Waals surface area contributed by atoms with E-state index in [1.807, 2.05) is 31.2 Å². The van der Waals surface area contributed by atoms with Crippen molar-refractivity contribution in [1.29, 1.82) is 0 Å². The molecule has 0 bridgehead atoms. The molecule has 3 heteroatoms. The van der Waals surface area contributed by atoms with Gasteiger partial charge in [-0.15, -0.1) is 0 Å². The van der Waals surface area contributed by atoms with Crippen LogP contribution in [-0.4, -0.2) is 29.9 Å². The third-order valence-corrected chi connectivity index (χ3v) is 2.93. The van der Waals surface area contributed by atoms with Crippen LogP contribution in [-0.2, 0) is 0 Å². The number of rotatable bonds is 7. The quantitative estimate of drug-likeness (QED) is 0.782. The summed E-state index contributed by atoms with van der Waals surface area (Å²) in [7, 11) is 0. The van der Waals surface area contributed by atoms with Crippen molar-refractivity contribution in [3.8, 4) is 5.75 Å². The molecule has 0 aliphatic heterocycles. The van der Waals surface area contributed by atoms with Gasteiger partial charge >= 0.3 is 0 Å². The smallest absolute Gasteiger partial charge is 0.119 e. The molecule has 1 rings (SSSR count). The Labute approximate surface area is 110 Å². The van der Waals surface area contributed by atoms with Crippen LogP contribution < -0.4 is 10.1 Å². The van der Waals surface area contributed by atoms with E-state index in [4.69, 9.17) is 4.74 Å². The van der Waals surface area contributed by atoms with Gasteiger partial charge in [-0.3, -0.25) is 0 Å². The predicted octanol–water partition coefficient (Wildman–Crippen LogP) is 2.51. The molecule has 18 heavy (non-hydrogen) atoms. The van der Waals surface area contributed by atoms with E-state index in [-0.39, 0.29) is 12.1 Å². The second-order valence-electron chi connectivity index (χ2n) is 5.43. The molecule has 0 spiro atoms. The maximum atomic E-state index is 9.45. The Bertz CT molecular complexity index is 348. The average molecular weight is 251 g/mol. The molecule has 0 aliphatic rings. The highest BCUT2D eigenvalue weighted by Gasteiger charge is 2.23. The molecule has 1 unspecified atom stereocenters. The van der Waals surface area contributed by atoms with Gasteiger partial charge in [0.1, 0.15) is 5.75 Å². The van der Waals surface area contributed by atoms with Crippen molar-refractivity contribution in [2.75, 3.05) is 13.2 Å². The highest BCUT2D eigenvalue weighted by atomic mass is 16.5. The fourth-order valence-corrected chi connectivity index (χ4v) is 1.92. The molecule has 1 aromatic carbocycles. The molecule has 0 radical (unpaired) electrons. The summed E-state index contributed by atoms with van der Waals surface area (Å²) in [6.07, 6.45) is 0.773. The number of ether oxygens (including phenoxy) is 1. The molecule has 1 aromatic rings. The Morgan fingerprint density at radius 1 is 1.28 bits per heavy atom. The Balaban J connectivity index is 2.41. The number of hydrogen-bond donors (Lipinski definition) is 2. The number of hydrogen-bond acceptors (Lipinski definition) is 3. The second kappa shape index (κ2) is 6.76. The zero-order valence-electron chi connectivity index (χ0n) is 11.9. The first-order valence-electron chi connectivity index (χ1n) is 6.53. The largest absolute Gasteiger partial charge is 0.494 e. The van der Waals surface area contributed by atoms with E-state index < -0.39 is 0 Å². The van der Waals surface area contributed by atoms with Crippen LogP contribution >= 0.6 is 0 Å². The molecule has 0 aliphatic carbocycles. The van der Waals surface area contributed by atoms with Crippen LogP contribution in [0.4, 0.5) is 0 Å². The van der Waals surface area contributed by atoms with E-state index in [1.54, 1.807) is 0 Å². The molecule has 0 heterocycles. The molecular formula is C15H25NO2. The van der Waals surface area contributed by atoms with Gasteiger partial charge in [0, 0.05) is 18.0 Å². The van der Waals surface area contributed by atoms with E-state index in [2.05, 4.69) is 26.1 Å². The van der Waals surface area contributed by atoms with Crippen molar-refractivity contribution in [1.82, 2.24) is 5.32 Å². The summed E-state index contributed by atoms with van der Waals surface area (Å²) in [6, 6.07) is 8.37. The van der Waals surface area contributed by atoms with E-state index in [9.17, 15) is 5.11 Å². The Hall–Kier alpha value is -1.06. The molecule has 0 saturated heterocycles. The van der Waals surface area contributed by atoms with Crippen LogP contribution in [0.15, 0.2) is 24.3 Å². The minimum Gasteiger partial charge on any atom is -0.494 e. The molecular weight excluding hydrogens is 226 g/mol. The molecule has 0 saturated carbocycles. The number of aliphatic hydroxyl groups is 1. The SMILES string of the molecule is Cc1ccc(OCCC(C)(CO)NC(C)C)cc1. The highest BCUT2D eigenvalue weighted by Crippen LogP contribution is 2.15. The minimum absolute atomic E-state index is 0.114. The average Bonchev–Trinajstić information content (AvgIpc) is 2.31. The van der Waals surface area contributed by atoms with Crippen LogP contribution in [0, 0.1) is 6.92 Å². The molecule has 102 valence electrons. The maximum absolute atomic E-state index is 9.45. The van der Waals surface area contributed by atoms with Gasteiger partial charge in [0.2, 0.25) is 0 Å². The number of aryl methyl sites for hydroxylation is 1. The zero-order chi connectivity index (χ0) is 13.6. The highest BCUT2D eigenvalue weighted by molar-refractivity contribution is 5.26. The lowest BCUT2D eigenvalue weighted by Gasteiger charge is -2.31. The molecule has 3 nitrogen and oxygen atoms in total. The third-order valence-electron chi connectivity index (χ3n) is 2.93. The van der Waals surface area contributed by atoms with Crippen LogP contribution in [0.2, 0.25) is 0 Å². The molecule has 1 atom stereocenters. The normalized spacial score (nSPS) is 14.6. The van der Waals surface area contributed by atoms with E-state index >= 15 is 0 Å². The summed E-state index contributed by atoms with van der Waals surface area (Å²) in [5.74, 6) is 0.880. The minimum atomic E-state index is -0.279. The van der Waals surface area contributed by atoms with Gasteiger partial charge in [0.05, 0.1) is 13.2 Å². The molecule has 0 amide bonds. The topological polar surface area (TPSA) is 41.5 Å². The van der Waals surface area contributed by atoms with Crippen LogP contribution in [0.5, 0.6) is 5.75 Å². The lowest BCUT2D eigenvalue weighted by Crippen LogP contribution is -2.49. The summed E-state index contributed by atoms with van der Waals surface area (Å²) in [5, 5.41) is 12.8. The summed E-state index contributed by atoms with van der Waals surface area (Å²) >= 11 is 0. The standard InChI is InChI=1S/C15H25NO2/c1-12(2)16-15(4,11-17)9-10-18-14-7-5-13(3)6-8-14/h5-8,12,16-17H,9-11H2,1-4H3. The third kappa shape index (κ3) is 5.07. The van der Waals surface area contributed by atoms with Gasteiger partial charge < -0.3 is 15.2 Å². The Morgan fingerprint density at radius 2 is 1.89 bits per heavy atom. The summed E-state index contributed by atoms with van der Waals surface area (Å²) < 4.78 is 5.69. The van der Waals surface area contributed by atoms with Crippen molar-refractivity contribution >= 4 is 0 Å². The van der Waals surface area contributed by atoms with Crippen molar-refractivity contribution in [2.24, 2.45) is 0 Å². The van der Waals surface area contributed by atoms with Gasteiger partial charge in [-0.1, -0.05) is 31.5 Å². The van der Waals surface area contributed by atoms with E-state index in [0.717, 1.165) is 12.2 Å². The second-order valence-corrected chi connectivity index (χ2v) is 5.43. The number of benzene rings is 1. The fourth-order valence-electron chi connectivity index (χ4n) is 1.92. The maximum Gasteiger partial charge on any atom is 0.119 e. The first-order chi connectivity index (χ1) is 8.45. The van der Waals surface area contributed by atoms with E-state index in [0.29, 0.717) is 12.6 Å². The number of aliphatic hydroxyl groups excluding tert-OH is 1. The van der Waals surface area contributed by atoms with Crippen molar-refractivity contribution in [3.05, 3.63) is 29.8 Å². The monoisotopic (exact) mass is 251 g/mol. The van der Waals surface area contributed by atoms with Crippen molar-refractivity contribution in [2.45, 2.75) is 45.7 Å². The van der Waals surface area contributed by atoms with Gasteiger partial charge in [-0.05, 0) is 26.0 Å². The van der Waals surface area contributed by atoms with Gasteiger partial charge in [-0.2, -0.15) is 0 Å². The molecule has 0 aromatic heterocycles. The van der Waals surface area contributed by atoms with Crippen LogP contribution in [0.3, 0.4) is 0 Å². The molecule has 2 N–H and O–H groups in total. The lowest BCUT2D eigenvalue weighted by molar-refractivity contribution is 0.136. The Kier molecular flexibility index (Phi) is 5.63. The van der Waals surface area contributed by atoms with Gasteiger partial charge in [0.25, 0.3) is 0 Å². The lowest BCUT2D eigenvalue weighted by atomic mass is 9.98. The van der Waals surface area contributed by atoms with Crippen molar-refractivity contribution < 1.29 is 9.84 Å². The summed E-state index contributed by atoms with van der Waals surface area (Å²) in [6.45, 7) is 8.94. The number of nitrogens with one attached hydrogen (secondary N) is 1. The van der Waals surface area contributed by atoms with Gasteiger partial charge in [0.15, 0.2) is 0 Å². The van der Waals surface area contributed by atoms with E-state index in [1.165, 1.54) is 5.56 Å². The summed E-state index contributed by atoms with van der Waals surface area (Å²) in [4.78, 5) is 0. The van der Waals surface area contributed by atoms with Gasteiger partial charge in [-0.25, -0.2) is 0 Å². The molecule has 0 fully saturated rings. The first kappa shape index (κ1) is 15.0. The Morgan fingerprint density at radius 3 is 2.39 bits per heavy atom. The summed E-state index contributed by atoms with van der Waals surface area (Å²) in [5.41, 5.74) is 0.947. The first-order valence-corrected chi connectivity index (χ1v) is 6.53. The van der Waals surface area contributed by atoms with Crippen LogP contribution in [0.1, 0.15) is 32.8 Å². The fraction of sp³-hybridized carbons (Fsp3) is 0.600.